The van der Waals surface area contributed by atoms with Crippen molar-refractivity contribution in [3.8, 4) is 0 Å². The van der Waals surface area contributed by atoms with Gasteiger partial charge in [0.05, 0.1) is 0 Å². The van der Waals surface area contributed by atoms with Gasteiger partial charge in [0, 0.05) is 5.33 Å². The van der Waals surface area contributed by atoms with Crippen LogP contribution in [0.3, 0.4) is 0 Å². The lowest BCUT2D eigenvalue weighted by molar-refractivity contribution is -0.165. The summed E-state index contributed by atoms with van der Waals surface area (Å²) in [4.78, 5) is 22.1. The Labute approximate surface area is 89.8 Å². The van der Waals surface area contributed by atoms with E-state index in [4.69, 9.17) is 4.74 Å². The second kappa shape index (κ2) is 4.63. The first-order chi connectivity index (χ1) is 6.58. The van der Waals surface area contributed by atoms with E-state index in [2.05, 4.69) is 25.4 Å². The van der Waals surface area contributed by atoms with Gasteiger partial charge in [-0.15, -0.1) is 0 Å². The molecular formula is C8H11BrO5. The molecule has 14 heavy (non-hydrogen) atoms. The highest BCUT2D eigenvalue weighted by Crippen LogP contribution is 2.23. The van der Waals surface area contributed by atoms with Gasteiger partial charge in [0.25, 0.3) is 0 Å². The van der Waals surface area contributed by atoms with Crippen LogP contribution in [-0.4, -0.2) is 37.3 Å². The third kappa shape index (κ3) is 2.60. The van der Waals surface area contributed by atoms with Gasteiger partial charge in [-0.3, -0.25) is 4.79 Å². The monoisotopic (exact) mass is 266 g/mol. The zero-order valence-electron chi connectivity index (χ0n) is 7.75. The van der Waals surface area contributed by atoms with Gasteiger partial charge in [-0.25, -0.2) is 4.79 Å². The molecule has 0 amide bonds. The number of ether oxygens (including phenoxy) is 3. The number of hydrogen-bond donors (Lipinski definition) is 0. The van der Waals surface area contributed by atoms with Crippen LogP contribution in [0.15, 0.2) is 0 Å². The molecule has 0 unspecified atom stereocenters. The lowest BCUT2D eigenvalue weighted by atomic mass is 9.93. The van der Waals surface area contributed by atoms with Gasteiger partial charge in [0.15, 0.2) is 0 Å². The maximum atomic E-state index is 11.5. The largest absolute Gasteiger partial charge is 0.508 e. The summed E-state index contributed by atoms with van der Waals surface area (Å²) in [5.74, 6) is -0.413. The summed E-state index contributed by atoms with van der Waals surface area (Å²) < 4.78 is 14.2. The van der Waals surface area contributed by atoms with Crippen LogP contribution < -0.4 is 0 Å². The van der Waals surface area contributed by atoms with Gasteiger partial charge in [-0.1, -0.05) is 15.9 Å². The van der Waals surface area contributed by atoms with Crippen LogP contribution >= 0.6 is 15.9 Å². The van der Waals surface area contributed by atoms with E-state index < -0.39 is 17.5 Å². The molecule has 1 aliphatic heterocycles. The van der Waals surface area contributed by atoms with Crippen molar-refractivity contribution in [2.24, 2.45) is 5.41 Å². The molecule has 1 heterocycles. The molecule has 5 nitrogen and oxygen atoms in total. The fraction of sp³-hybridized carbons (Fsp3) is 0.750. The number of carbonyl (C=O) groups is 2. The van der Waals surface area contributed by atoms with E-state index in [0.717, 1.165) is 0 Å². The molecule has 0 aromatic heterocycles. The Morgan fingerprint density at radius 2 is 2.14 bits per heavy atom. The van der Waals surface area contributed by atoms with E-state index >= 15 is 0 Å². The maximum absolute atomic E-state index is 11.5. The Balaban J connectivity index is 2.48. The van der Waals surface area contributed by atoms with Crippen molar-refractivity contribution < 1.29 is 23.8 Å². The molecule has 0 spiro atoms. The number of carbonyl (C=O) groups excluding carboxylic acids is 2. The minimum Gasteiger partial charge on any atom is -0.464 e. The molecule has 0 aromatic carbocycles. The Bertz CT molecular complexity index is 230. The topological polar surface area (TPSA) is 61.8 Å². The van der Waals surface area contributed by atoms with Crippen molar-refractivity contribution in [1.29, 1.82) is 0 Å². The SMILES string of the molecule is CC1(C(=O)OCCBr)COC(=O)OC1. The summed E-state index contributed by atoms with van der Waals surface area (Å²) >= 11 is 3.14. The summed E-state index contributed by atoms with van der Waals surface area (Å²) in [6, 6.07) is 0. The highest BCUT2D eigenvalue weighted by atomic mass is 79.9. The van der Waals surface area contributed by atoms with E-state index in [1.54, 1.807) is 6.92 Å². The van der Waals surface area contributed by atoms with Gasteiger partial charge in [0.1, 0.15) is 25.2 Å². The van der Waals surface area contributed by atoms with Crippen molar-refractivity contribution in [2.75, 3.05) is 25.2 Å². The quantitative estimate of drug-likeness (QED) is 0.566. The summed E-state index contributed by atoms with van der Waals surface area (Å²) in [6.07, 6.45) is -0.740. The molecule has 1 saturated heterocycles. The summed E-state index contributed by atoms with van der Waals surface area (Å²) in [5.41, 5.74) is -0.879. The molecule has 80 valence electrons. The molecule has 1 fully saturated rings. The number of halogens is 1. The fourth-order valence-corrected chi connectivity index (χ4v) is 1.10. The normalized spacial score (nSPS) is 19.4. The third-order valence-electron chi connectivity index (χ3n) is 1.82. The zero-order valence-corrected chi connectivity index (χ0v) is 9.33. The van der Waals surface area contributed by atoms with Crippen molar-refractivity contribution in [3.63, 3.8) is 0 Å². The van der Waals surface area contributed by atoms with Crippen molar-refractivity contribution in [1.82, 2.24) is 0 Å². The average Bonchev–Trinajstić information content (AvgIpc) is 2.19. The minimum absolute atomic E-state index is 0.00690. The van der Waals surface area contributed by atoms with Gasteiger partial charge < -0.3 is 14.2 Å². The first-order valence-corrected chi connectivity index (χ1v) is 5.23. The average molecular weight is 267 g/mol. The van der Waals surface area contributed by atoms with E-state index in [9.17, 15) is 9.59 Å². The second-order valence-corrected chi connectivity index (χ2v) is 4.01. The van der Waals surface area contributed by atoms with Gasteiger partial charge >= 0.3 is 12.1 Å². The van der Waals surface area contributed by atoms with E-state index in [-0.39, 0.29) is 13.2 Å². The molecule has 1 rings (SSSR count). The number of alkyl halides is 1. The van der Waals surface area contributed by atoms with Crippen LogP contribution in [0.5, 0.6) is 0 Å². The summed E-state index contributed by atoms with van der Waals surface area (Å²) in [6.45, 7) is 1.94. The van der Waals surface area contributed by atoms with Crippen molar-refractivity contribution in [2.45, 2.75) is 6.92 Å². The number of esters is 1. The highest BCUT2D eigenvalue weighted by Gasteiger charge is 2.41. The predicted molar refractivity (Wildman–Crippen MR) is 50.2 cm³/mol. The zero-order chi connectivity index (χ0) is 10.6. The van der Waals surface area contributed by atoms with Crippen molar-refractivity contribution in [3.05, 3.63) is 0 Å². The van der Waals surface area contributed by atoms with Crippen LogP contribution in [-0.2, 0) is 19.0 Å². The molecule has 0 aliphatic carbocycles. The van der Waals surface area contributed by atoms with Crippen LogP contribution in [0.2, 0.25) is 0 Å². The third-order valence-corrected chi connectivity index (χ3v) is 2.14. The predicted octanol–water partition coefficient (Wildman–Crippen LogP) is 1.10. The smallest absolute Gasteiger partial charge is 0.464 e. The van der Waals surface area contributed by atoms with Gasteiger partial charge in [0.2, 0.25) is 0 Å². The van der Waals surface area contributed by atoms with Crippen LogP contribution in [0, 0.1) is 5.41 Å². The van der Waals surface area contributed by atoms with Crippen molar-refractivity contribution >= 4 is 28.1 Å². The first kappa shape index (κ1) is 11.3. The number of cyclic esters (lactones) is 2. The molecule has 0 radical (unpaired) electrons. The Morgan fingerprint density at radius 1 is 1.57 bits per heavy atom. The lowest BCUT2D eigenvalue weighted by Crippen LogP contribution is -2.44. The second-order valence-electron chi connectivity index (χ2n) is 3.21. The summed E-state index contributed by atoms with van der Waals surface area (Å²) in [7, 11) is 0. The molecule has 1 aliphatic rings. The van der Waals surface area contributed by atoms with E-state index in [1.807, 2.05) is 0 Å². The van der Waals surface area contributed by atoms with Crippen LogP contribution in [0.25, 0.3) is 0 Å². The maximum Gasteiger partial charge on any atom is 0.508 e. The van der Waals surface area contributed by atoms with E-state index in [1.165, 1.54) is 0 Å². The van der Waals surface area contributed by atoms with Gasteiger partial charge in [-0.05, 0) is 6.92 Å². The lowest BCUT2D eigenvalue weighted by Gasteiger charge is -2.29. The molecule has 0 saturated carbocycles. The van der Waals surface area contributed by atoms with Gasteiger partial charge in [-0.2, -0.15) is 0 Å². The highest BCUT2D eigenvalue weighted by molar-refractivity contribution is 9.09. The van der Waals surface area contributed by atoms with Crippen LogP contribution in [0.4, 0.5) is 4.79 Å². The molecule has 0 aromatic rings. The minimum atomic E-state index is -0.879. The molecular weight excluding hydrogens is 256 g/mol. The molecule has 0 atom stereocenters. The van der Waals surface area contributed by atoms with Crippen LogP contribution in [0.1, 0.15) is 6.92 Å². The Hall–Kier alpha value is -0.780. The fourth-order valence-electron chi connectivity index (χ4n) is 0.943. The summed E-state index contributed by atoms with van der Waals surface area (Å²) in [5, 5.41) is 0.579. The number of hydrogen-bond acceptors (Lipinski definition) is 5. The Kier molecular flexibility index (Phi) is 3.74. The standard InChI is InChI=1S/C8H11BrO5/c1-8(6(10)12-3-2-9)4-13-7(11)14-5-8/h2-5H2,1H3. The first-order valence-electron chi connectivity index (χ1n) is 4.11. The number of rotatable bonds is 3. The molecule has 6 heteroatoms. The molecule has 0 bridgehead atoms. The molecule has 0 N–H and O–H groups in total. The Morgan fingerprint density at radius 3 is 2.64 bits per heavy atom. The van der Waals surface area contributed by atoms with E-state index in [0.29, 0.717) is 11.9 Å².